The summed E-state index contributed by atoms with van der Waals surface area (Å²) in [4.78, 5) is 14.3. The van der Waals surface area contributed by atoms with Crippen LogP contribution in [0, 0.1) is 11.3 Å². The molecule has 0 aliphatic heterocycles. The molecule has 0 heterocycles. The Balaban J connectivity index is 1.64. The van der Waals surface area contributed by atoms with Crippen molar-refractivity contribution < 1.29 is 4.79 Å². The van der Waals surface area contributed by atoms with Crippen LogP contribution in [0.5, 0.6) is 0 Å². The lowest BCUT2D eigenvalue weighted by atomic mass is 10.1. The number of nitrogens with zero attached hydrogens (tertiary/aromatic N) is 2. The van der Waals surface area contributed by atoms with E-state index in [1.807, 2.05) is 18.2 Å². The van der Waals surface area contributed by atoms with Crippen LogP contribution in [-0.4, -0.2) is 23.9 Å². The van der Waals surface area contributed by atoms with Gasteiger partial charge < -0.3 is 5.32 Å². The molecule has 2 aromatic rings. The zero-order chi connectivity index (χ0) is 18.8. The molecule has 0 aromatic heterocycles. The predicted octanol–water partition coefficient (Wildman–Crippen LogP) is 3.87. The minimum Gasteiger partial charge on any atom is -0.352 e. The molecular formula is C22H27N3O. The second-order valence-electron chi connectivity index (χ2n) is 6.73. The predicted molar refractivity (Wildman–Crippen MR) is 104 cm³/mol. The first-order chi connectivity index (χ1) is 12.6. The molecule has 0 fully saturated rings. The van der Waals surface area contributed by atoms with Gasteiger partial charge in [-0.05, 0) is 50.1 Å². The lowest BCUT2D eigenvalue weighted by Crippen LogP contribution is -2.29. The van der Waals surface area contributed by atoms with Crippen molar-refractivity contribution >= 4 is 5.91 Å². The standard InChI is InChI=1S/C22H27N3O/c1-18(25(2)17-21-8-4-3-5-9-21)7-6-10-22(26)24-16-20-13-11-19(15-23)12-14-20/h3-5,8-9,11-14,18H,6-7,10,16-17H2,1-2H3,(H,24,26). The third kappa shape index (κ3) is 6.70. The maximum absolute atomic E-state index is 12.0. The van der Waals surface area contributed by atoms with Crippen LogP contribution >= 0.6 is 0 Å². The molecule has 2 rings (SSSR count). The second kappa shape index (κ2) is 10.4. The summed E-state index contributed by atoms with van der Waals surface area (Å²) in [6, 6.07) is 20.2. The number of nitrogens with one attached hydrogen (secondary N) is 1. The van der Waals surface area contributed by atoms with Gasteiger partial charge in [-0.2, -0.15) is 5.26 Å². The van der Waals surface area contributed by atoms with E-state index in [0.29, 0.717) is 24.6 Å². The van der Waals surface area contributed by atoms with Crippen LogP contribution in [0.1, 0.15) is 42.9 Å². The van der Waals surface area contributed by atoms with Gasteiger partial charge in [0.2, 0.25) is 5.91 Å². The molecule has 136 valence electrons. The number of hydrogen-bond acceptors (Lipinski definition) is 3. The number of benzene rings is 2. The SMILES string of the molecule is CC(CCCC(=O)NCc1ccc(C#N)cc1)N(C)Cc1ccccc1. The number of amides is 1. The summed E-state index contributed by atoms with van der Waals surface area (Å²) >= 11 is 0. The molecule has 1 amide bonds. The van der Waals surface area contributed by atoms with E-state index >= 15 is 0 Å². The van der Waals surface area contributed by atoms with Crippen LogP contribution in [0.2, 0.25) is 0 Å². The number of rotatable bonds is 9. The van der Waals surface area contributed by atoms with E-state index in [0.717, 1.165) is 24.9 Å². The van der Waals surface area contributed by atoms with E-state index in [9.17, 15) is 4.79 Å². The average Bonchev–Trinajstić information content (AvgIpc) is 2.67. The van der Waals surface area contributed by atoms with Gasteiger partial charge in [-0.25, -0.2) is 0 Å². The maximum Gasteiger partial charge on any atom is 0.220 e. The molecule has 0 bridgehead atoms. The summed E-state index contributed by atoms with van der Waals surface area (Å²) < 4.78 is 0. The Bertz CT molecular complexity index is 719. The molecule has 4 heteroatoms. The van der Waals surface area contributed by atoms with Crippen LogP contribution in [0.3, 0.4) is 0 Å². The van der Waals surface area contributed by atoms with E-state index < -0.39 is 0 Å². The Morgan fingerprint density at radius 3 is 2.46 bits per heavy atom. The molecule has 2 aromatic carbocycles. The molecule has 26 heavy (non-hydrogen) atoms. The first-order valence-corrected chi connectivity index (χ1v) is 9.08. The molecule has 1 N–H and O–H groups in total. The lowest BCUT2D eigenvalue weighted by Gasteiger charge is -2.24. The van der Waals surface area contributed by atoms with Gasteiger partial charge in [-0.3, -0.25) is 9.69 Å². The van der Waals surface area contributed by atoms with E-state index in [1.165, 1.54) is 5.56 Å². The normalized spacial score (nSPS) is 11.8. The highest BCUT2D eigenvalue weighted by molar-refractivity contribution is 5.75. The van der Waals surface area contributed by atoms with Crippen molar-refractivity contribution in [2.24, 2.45) is 0 Å². The van der Waals surface area contributed by atoms with Crippen molar-refractivity contribution in [3.05, 3.63) is 71.3 Å². The van der Waals surface area contributed by atoms with Crippen molar-refractivity contribution in [1.29, 1.82) is 5.26 Å². The fourth-order valence-corrected chi connectivity index (χ4v) is 2.79. The van der Waals surface area contributed by atoms with Gasteiger partial charge in [0.1, 0.15) is 0 Å². The molecule has 0 saturated carbocycles. The van der Waals surface area contributed by atoms with Crippen LogP contribution in [0.4, 0.5) is 0 Å². The van der Waals surface area contributed by atoms with E-state index in [2.05, 4.69) is 54.5 Å². The summed E-state index contributed by atoms with van der Waals surface area (Å²) in [5.74, 6) is 0.0762. The average molecular weight is 349 g/mol. The molecule has 0 spiro atoms. The molecule has 0 saturated heterocycles. The van der Waals surface area contributed by atoms with Gasteiger partial charge in [-0.15, -0.1) is 0 Å². The minimum absolute atomic E-state index is 0.0762. The van der Waals surface area contributed by atoms with Gasteiger partial charge in [-0.1, -0.05) is 42.5 Å². The van der Waals surface area contributed by atoms with Gasteiger partial charge in [0, 0.05) is 25.6 Å². The van der Waals surface area contributed by atoms with Crippen LogP contribution in [-0.2, 0) is 17.9 Å². The fraction of sp³-hybridized carbons (Fsp3) is 0.364. The summed E-state index contributed by atoms with van der Waals surface area (Å²) in [5.41, 5.74) is 2.95. The Hall–Kier alpha value is -2.64. The van der Waals surface area contributed by atoms with Crippen molar-refractivity contribution in [2.45, 2.75) is 45.3 Å². The Morgan fingerprint density at radius 2 is 1.81 bits per heavy atom. The first kappa shape index (κ1) is 19.7. The molecule has 0 aliphatic rings. The molecule has 0 aliphatic carbocycles. The highest BCUT2D eigenvalue weighted by Crippen LogP contribution is 2.11. The van der Waals surface area contributed by atoms with Crippen molar-refractivity contribution in [3.8, 4) is 6.07 Å². The molecule has 4 nitrogen and oxygen atoms in total. The topological polar surface area (TPSA) is 56.1 Å². The Labute approximate surface area is 156 Å². The van der Waals surface area contributed by atoms with E-state index in [4.69, 9.17) is 5.26 Å². The van der Waals surface area contributed by atoms with Gasteiger partial charge in [0.25, 0.3) is 0 Å². The van der Waals surface area contributed by atoms with Gasteiger partial charge >= 0.3 is 0 Å². The highest BCUT2D eigenvalue weighted by Gasteiger charge is 2.10. The summed E-state index contributed by atoms with van der Waals surface area (Å²) in [6.07, 6.45) is 2.41. The minimum atomic E-state index is 0.0762. The number of hydrogen-bond donors (Lipinski definition) is 1. The fourth-order valence-electron chi connectivity index (χ4n) is 2.79. The number of nitriles is 1. The van der Waals surface area contributed by atoms with E-state index in [1.54, 1.807) is 12.1 Å². The third-order valence-corrected chi connectivity index (χ3v) is 4.63. The number of carbonyl (C=O) groups is 1. The summed E-state index contributed by atoms with van der Waals surface area (Å²) in [5, 5.41) is 11.7. The smallest absolute Gasteiger partial charge is 0.220 e. The molecule has 0 radical (unpaired) electrons. The third-order valence-electron chi connectivity index (χ3n) is 4.63. The van der Waals surface area contributed by atoms with Crippen molar-refractivity contribution in [2.75, 3.05) is 7.05 Å². The summed E-state index contributed by atoms with van der Waals surface area (Å²) in [6.45, 7) is 3.64. The monoisotopic (exact) mass is 349 g/mol. The zero-order valence-electron chi connectivity index (χ0n) is 15.6. The van der Waals surface area contributed by atoms with Crippen LogP contribution in [0.25, 0.3) is 0 Å². The van der Waals surface area contributed by atoms with Gasteiger partial charge in [0.05, 0.1) is 11.6 Å². The van der Waals surface area contributed by atoms with Crippen LogP contribution < -0.4 is 5.32 Å². The van der Waals surface area contributed by atoms with E-state index in [-0.39, 0.29) is 5.91 Å². The van der Waals surface area contributed by atoms with Crippen molar-refractivity contribution in [1.82, 2.24) is 10.2 Å². The quantitative estimate of drug-likeness (QED) is 0.748. The summed E-state index contributed by atoms with van der Waals surface area (Å²) in [7, 11) is 2.13. The Kier molecular flexibility index (Phi) is 7.85. The molecular weight excluding hydrogens is 322 g/mol. The van der Waals surface area contributed by atoms with Crippen LogP contribution in [0.15, 0.2) is 54.6 Å². The Morgan fingerprint density at radius 1 is 1.12 bits per heavy atom. The molecule has 1 atom stereocenters. The largest absolute Gasteiger partial charge is 0.352 e. The highest BCUT2D eigenvalue weighted by atomic mass is 16.1. The van der Waals surface area contributed by atoms with Crippen molar-refractivity contribution in [3.63, 3.8) is 0 Å². The number of carbonyl (C=O) groups excluding carboxylic acids is 1. The lowest BCUT2D eigenvalue weighted by molar-refractivity contribution is -0.121. The maximum atomic E-state index is 12.0. The first-order valence-electron chi connectivity index (χ1n) is 9.08. The zero-order valence-corrected chi connectivity index (χ0v) is 15.6. The second-order valence-corrected chi connectivity index (χ2v) is 6.73. The van der Waals surface area contributed by atoms with Gasteiger partial charge in [0.15, 0.2) is 0 Å². The molecule has 1 unspecified atom stereocenters.